The van der Waals surface area contributed by atoms with Crippen molar-refractivity contribution in [1.82, 2.24) is 4.90 Å². The van der Waals surface area contributed by atoms with Crippen LogP contribution in [0.15, 0.2) is 0 Å². The number of nitrogens with zero attached hydrogens (tertiary/aromatic N) is 2. The second kappa shape index (κ2) is 6.46. The molecule has 2 nitrogen and oxygen atoms in total. The first-order valence-electron chi connectivity index (χ1n) is 4.47. The Morgan fingerprint density at radius 1 is 0.938 bits per heavy atom. The maximum absolute atomic E-state index is 5.42. The van der Waals surface area contributed by atoms with Crippen molar-refractivity contribution < 1.29 is 4.58 Å². The van der Waals surface area contributed by atoms with Crippen molar-refractivity contribution in [3.63, 3.8) is 0 Å². The Labute approximate surface area is 118 Å². The number of hydrogen-bond donors (Lipinski definition) is 0. The van der Waals surface area contributed by atoms with Crippen LogP contribution >= 0.6 is 53.0 Å². The monoisotopic (exact) mass is 460 g/mol. The summed E-state index contributed by atoms with van der Waals surface area (Å²) in [5.74, 6) is 0. The summed E-state index contributed by atoms with van der Waals surface area (Å²) in [6, 6.07) is 0. The van der Waals surface area contributed by atoms with Crippen LogP contribution in [0.2, 0.25) is 0 Å². The quantitative estimate of drug-likeness (QED) is 0.260. The molecule has 0 aromatic heterocycles. The molecule has 102 valence electrons. The third kappa shape index (κ3) is 36.0. The average Bonchev–Trinajstić information content (AvgIpc) is 1.93. The molecule has 0 amide bonds. The first-order valence-corrected chi connectivity index (χ1v) is 23.9. The number of rotatable bonds is 3. The second-order valence-electron chi connectivity index (χ2n) is 3.26. The molecule has 0 heterocycles. The molecule has 0 saturated heterocycles. The average molecular weight is 464 g/mol. The molecule has 0 saturated carbocycles. The predicted molar refractivity (Wildman–Crippen MR) is 82.0 cm³/mol. The van der Waals surface area contributed by atoms with Crippen LogP contribution in [0.25, 0.3) is 0 Å². The Morgan fingerprint density at radius 3 is 1.25 bits per heavy atom. The van der Waals surface area contributed by atoms with E-state index >= 15 is 0 Å². The molecule has 0 fully saturated rings. The van der Waals surface area contributed by atoms with Crippen molar-refractivity contribution in [2.45, 2.75) is 13.8 Å². The molecular formula is C7H17Cl6N2Sb. The van der Waals surface area contributed by atoms with E-state index in [-0.39, 0.29) is 0 Å². The summed E-state index contributed by atoms with van der Waals surface area (Å²) in [5, 5.41) is 0. The number of halogens is 6. The Bertz CT molecular complexity index is 223. The molecule has 0 aliphatic carbocycles. The van der Waals surface area contributed by atoms with Crippen LogP contribution in [0.1, 0.15) is 13.8 Å². The van der Waals surface area contributed by atoms with Crippen molar-refractivity contribution in [2.24, 2.45) is 0 Å². The molecule has 0 aromatic carbocycles. The molecule has 9 heteroatoms. The summed E-state index contributed by atoms with van der Waals surface area (Å²) < 4.78 is 2.06. The summed E-state index contributed by atoms with van der Waals surface area (Å²) in [5.41, 5.74) is 0. The first kappa shape index (κ1) is 20.3. The van der Waals surface area contributed by atoms with E-state index in [1.54, 1.807) is 0 Å². The van der Waals surface area contributed by atoms with Crippen LogP contribution in [0.4, 0.5) is 0 Å². The summed E-state index contributed by atoms with van der Waals surface area (Å²) in [4.78, 5) is 2.25. The summed E-state index contributed by atoms with van der Waals surface area (Å²) in [6.45, 7) is 6.50. The van der Waals surface area contributed by atoms with Crippen LogP contribution in [0.5, 0.6) is 0 Å². The Morgan fingerprint density at radius 2 is 1.19 bits per heavy atom. The zero-order valence-corrected chi connectivity index (χ0v) is 16.7. The Balaban J connectivity index is 0. The zero-order valence-electron chi connectivity index (χ0n) is 9.60. The molecule has 16 heavy (non-hydrogen) atoms. The summed E-state index contributed by atoms with van der Waals surface area (Å²) in [7, 11) is 29.0. The molecule has 0 aromatic rings. The number of hydrogen-bond acceptors (Lipinski definition) is 0. The van der Waals surface area contributed by atoms with Gasteiger partial charge in [-0.3, -0.25) is 9.48 Å². The molecule has 0 N–H and O–H groups in total. The van der Waals surface area contributed by atoms with Gasteiger partial charge in [-0.2, -0.15) is 0 Å². The van der Waals surface area contributed by atoms with Crippen molar-refractivity contribution in [1.29, 1.82) is 0 Å². The molecule has 0 radical (unpaired) electrons. The van der Waals surface area contributed by atoms with Crippen LogP contribution in [0.3, 0.4) is 0 Å². The van der Waals surface area contributed by atoms with Gasteiger partial charge in [0.25, 0.3) is 0 Å². The van der Waals surface area contributed by atoms with Gasteiger partial charge in [-0.25, -0.2) is 0 Å². The molecule has 0 aliphatic rings. The molecule has 0 bridgehead atoms. The van der Waals surface area contributed by atoms with E-state index in [1.165, 1.54) is 0 Å². The van der Waals surface area contributed by atoms with Crippen molar-refractivity contribution >= 4 is 68.5 Å². The summed E-state index contributed by atoms with van der Waals surface area (Å²) >= 11 is 0. The molecule has 0 spiro atoms. The fourth-order valence-corrected chi connectivity index (χ4v) is 0.714. The van der Waals surface area contributed by atoms with E-state index in [9.17, 15) is 0 Å². The fourth-order valence-electron chi connectivity index (χ4n) is 0.714. The van der Waals surface area contributed by atoms with Gasteiger partial charge in [0.05, 0.1) is 27.2 Å². The topological polar surface area (TPSA) is 6.25 Å². The van der Waals surface area contributed by atoms with Gasteiger partial charge in [-0.05, 0) is 13.8 Å². The minimum absolute atomic E-state index is 1.09. The maximum atomic E-state index is 5.06. The fraction of sp³-hybridized carbons (Fsp3) is 0.857. The first-order chi connectivity index (χ1) is 6.65. The van der Waals surface area contributed by atoms with Gasteiger partial charge < -0.3 is 0 Å². The van der Waals surface area contributed by atoms with Gasteiger partial charge in [-0.1, -0.05) is 0 Å². The van der Waals surface area contributed by atoms with Gasteiger partial charge >= 0.3 is 62.1 Å². The van der Waals surface area contributed by atoms with Gasteiger partial charge in [0.2, 0.25) is 6.34 Å². The van der Waals surface area contributed by atoms with E-state index in [0.29, 0.717) is 0 Å². The van der Waals surface area contributed by atoms with Crippen LogP contribution in [-0.4, -0.2) is 52.1 Å². The molecular weight excluding hydrogens is 447 g/mol. The summed E-state index contributed by atoms with van der Waals surface area (Å²) in [6.07, 6.45) is 2.11. The molecule has 0 aliphatic heterocycles. The van der Waals surface area contributed by atoms with E-state index in [1.807, 2.05) is 14.1 Å². The Kier molecular flexibility index (Phi) is 8.21. The van der Waals surface area contributed by atoms with Crippen molar-refractivity contribution in [2.75, 3.05) is 27.2 Å². The van der Waals surface area contributed by atoms with Crippen molar-refractivity contribution in [3.05, 3.63) is 0 Å². The van der Waals surface area contributed by atoms with Crippen molar-refractivity contribution in [3.8, 4) is 0 Å². The van der Waals surface area contributed by atoms with Gasteiger partial charge in [0.1, 0.15) is 0 Å². The molecule has 0 atom stereocenters. The van der Waals surface area contributed by atoms with Crippen LogP contribution in [-0.2, 0) is 0 Å². The van der Waals surface area contributed by atoms with Crippen LogP contribution in [0, 0.1) is 0 Å². The third-order valence-electron chi connectivity index (χ3n) is 1.21. The predicted octanol–water partition coefficient (Wildman–Crippen LogP) is 4.38. The van der Waals surface area contributed by atoms with E-state index in [2.05, 4.69) is 29.7 Å². The molecule has 0 unspecified atom stereocenters. The minimum atomic E-state index is -5.42. The van der Waals surface area contributed by atoms with Gasteiger partial charge in [0.15, 0.2) is 0 Å². The second-order valence-corrected chi connectivity index (χ2v) is 60.2. The molecule has 0 rings (SSSR count). The standard InChI is InChI=1S/C7H17N2.6ClH.Sb/c1-5-9(6-2)7-8(3)4;;;;;;;/h7H,5-6H2,1-4H3;6*1H;/q+1;;;;;;;+5/p-6. The van der Waals surface area contributed by atoms with Crippen LogP contribution < -0.4 is 0 Å². The zero-order chi connectivity index (χ0) is 13.7. The third-order valence-corrected chi connectivity index (χ3v) is 1.21. The van der Waals surface area contributed by atoms with E-state index < -0.39 is 9.14 Å². The SMILES string of the molecule is CCN(C=[N+](C)C)CC.[Cl][Sb-]([Cl])([Cl])([Cl])([Cl])[Cl]. The van der Waals surface area contributed by atoms with E-state index in [0.717, 1.165) is 13.1 Å². The Hall–Kier alpha value is 2.03. The van der Waals surface area contributed by atoms with E-state index in [4.69, 9.17) is 53.0 Å². The normalized spacial score (nSPS) is 15.1. The van der Waals surface area contributed by atoms with Gasteiger partial charge in [-0.15, -0.1) is 0 Å². The van der Waals surface area contributed by atoms with Gasteiger partial charge in [0, 0.05) is 0 Å².